The number of esters is 1. The number of aliphatic hydroxyl groups is 4. The molecule has 0 aromatic carbocycles. The highest BCUT2D eigenvalue weighted by atomic mass is 16.7. The minimum atomic E-state index is -1.47. The van der Waals surface area contributed by atoms with Crippen molar-refractivity contribution in [2.45, 2.75) is 190 Å². The number of methoxy groups -OCH3 is 1. The third-order valence-corrected chi connectivity index (χ3v) is 12.4. The maximum Gasteiger partial charge on any atom is 0.308 e. The molecule has 0 aromatic heterocycles. The molecule has 0 aromatic rings. The molecule has 3 fully saturated rings. The molecule has 0 radical (unpaired) electrons. The number of aldehydes is 1. The fraction of sp³-hybridized carbons (Fsp3) is 0.860. The predicted octanol–water partition coefficient (Wildman–Crippen LogP) is 2.33. The average Bonchev–Trinajstić information content (AvgIpc) is 3.13. The molecule has 340 valence electrons. The summed E-state index contributed by atoms with van der Waals surface area (Å²) in [4.78, 5) is 29.5. The molecular weight excluding hydrogens is 768 g/mol. The van der Waals surface area contributed by atoms with Gasteiger partial charge in [-0.25, -0.2) is 0 Å². The van der Waals surface area contributed by atoms with Gasteiger partial charge in [0.25, 0.3) is 0 Å². The first-order valence-corrected chi connectivity index (χ1v) is 21.3. The lowest BCUT2D eigenvalue weighted by Gasteiger charge is -2.50. The van der Waals surface area contributed by atoms with Crippen molar-refractivity contribution in [2.75, 3.05) is 35.3 Å². The Balaban J connectivity index is 1.66. The molecule has 0 bridgehead atoms. The fourth-order valence-corrected chi connectivity index (χ4v) is 9.10. The molecule has 2 unspecified atom stereocenters. The lowest BCUT2D eigenvalue weighted by Crippen LogP contribution is -2.65. The van der Waals surface area contributed by atoms with Gasteiger partial charge in [-0.3, -0.25) is 4.79 Å². The number of ether oxygens (including phenoxy) is 8. The predicted molar refractivity (Wildman–Crippen MR) is 217 cm³/mol. The minimum Gasteiger partial charge on any atom is -0.462 e. The first-order valence-electron chi connectivity index (χ1n) is 21.3. The Kier molecular flexibility index (Phi) is 18.9. The van der Waals surface area contributed by atoms with E-state index in [1.165, 1.54) is 14.0 Å². The van der Waals surface area contributed by atoms with Crippen LogP contribution in [0.3, 0.4) is 0 Å². The Morgan fingerprint density at radius 1 is 0.864 bits per heavy atom. The maximum atomic E-state index is 13.1. The molecule has 19 atom stereocenters. The van der Waals surface area contributed by atoms with Crippen LogP contribution in [0.1, 0.15) is 86.5 Å². The molecule has 0 spiro atoms. The molecular formula is C43H74N2O14. The molecule has 3 saturated heterocycles. The lowest BCUT2D eigenvalue weighted by molar-refractivity contribution is -0.344. The summed E-state index contributed by atoms with van der Waals surface area (Å²) in [6.45, 7) is 10.8. The van der Waals surface area contributed by atoms with E-state index in [1.54, 1.807) is 39.8 Å². The number of nitrogens with zero attached hydrogens (tertiary/aromatic N) is 2. The molecule has 16 heteroatoms. The summed E-state index contributed by atoms with van der Waals surface area (Å²) in [6, 6.07) is -0.466. The van der Waals surface area contributed by atoms with E-state index in [2.05, 4.69) is 4.90 Å². The number of hydrogen-bond acceptors (Lipinski definition) is 16. The van der Waals surface area contributed by atoms with Crippen LogP contribution < -0.4 is 0 Å². The molecule has 0 amide bonds. The number of allylic oxidation sites excluding steroid dienone is 2. The molecule has 4 N–H and O–H groups in total. The zero-order valence-electron chi connectivity index (χ0n) is 37.0. The zero-order valence-corrected chi connectivity index (χ0v) is 37.0. The summed E-state index contributed by atoms with van der Waals surface area (Å²) in [5.41, 5.74) is -1.47. The summed E-state index contributed by atoms with van der Waals surface area (Å²) in [5, 5.41) is 45.1. The Hall–Kier alpha value is -1.90. The summed E-state index contributed by atoms with van der Waals surface area (Å²) in [5.74, 6) is -1.47. The number of likely N-dealkylation sites (N-methyl/N-ethyl adjacent to an activating group) is 2. The van der Waals surface area contributed by atoms with Crippen LogP contribution in [-0.4, -0.2) is 181 Å². The molecule has 0 saturated carbocycles. The van der Waals surface area contributed by atoms with Crippen molar-refractivity contribution in [3.8, 4) is 0 Å². The van der Waals surface area contributed by atoms with E-state index in [-0.39, 0.29) is 30.9 Å². The second kappa shape index (κ2) is 22.5. The van der Waals surface area contributed by atoms with Crippen molar-refractivity contribution in [2.24, 2.45) is 11.8 Å². The van der Waals surface area contributed by atoms with Crippen LogP contribution in [0.4, 0.5) is 0 Å². The standard InChI is InChI=1S/C43H74N2O14/c1-24-21-29(19-20-46)39(59-42-37(49)36(45(9)10)38(27(4)56-42)58-35-23-43(6,51)41(50)28(5)55-35)40(52-11)31(47)22-33(48)53-25(2)15-13-12-14-16-32(24)57-34-18-17-30(44(7)8)26(3)54-34/h12-14,16,20,24-32,34-42,47,49-51H,15,17-19,21-23H2,1-11H3/b13-12+,16-14+/t24-,25-,26-,27-,28+,29+,30+,31-,32+,34?,35+,36-,37-,38-,39+,40+,41+,42?,43-/m1/s1. The van der Waals surface area contributed by atoms with Gasteiger partial charge >= 0.3 is 5.97 Å². The van der Waals surface area contributed by atoms with E-state index >= 15 is 0 Å². The van der Waals surface area contributed by atoms with Gasteiger partial charge in [0.2, 0.25) is 0 Å². The van der Waals surface area contributed by atoms with Crippen LogP contribution in [-0.2, 0) is 47.5 Å². The van der Waals surface area contributed by atoms with Gasteiger partial charge < -0.3 is 72.9 Å². The van der Waals surface area contributed by atoms with E-state index in [4.69, 9.17) is 37.9 Å². The number of cyclic esters (lactones) is 1. The highest BCUT2D eigenvalue weighted by Gasteiger charge is 2.52. The van der Waals surface area contributed by atoms with Crippen LogP contribution in [0.5, 0.6) is 0 Å². The van der Waals surface area contributed by atoms with Crippen molar-refractivity contribution in [1.29, 1.82) is 0 Å². The van der Waals surface area contributed by atoms with Gasteiger partial charge in [0, 0.05) is 32.4 Å². The second-order valence-corrected chi connectivity index (χ2v) is 17.8. The number of carbonyl (C=O) groups is 2. The SMILES string of the molecule is CO[C@@H]1[C@@H](OC2O[C@H](C)[C@@H](O[C@H]3C[C@@](C)(O)[C@@H](O)[C@H](C)O3)[C@H](N(C)C)[C@H]2O)[C@@H](CC=O)C[C@@H](C)[C@@H](OC2CC[C@H](N(C)C)[C@@H](C)O2)/C=C/C=C/C[C@@H](C)OC(=O)C[C@H]1O. The maximum absolute atomic E-state index is 13.1. The Labute approximate surface area is 351 Å². The van der Waals surface area contributed by atoms with Crippen LogP contribution >= 0.6 is 0 Å². The van der Waals surface area contributed by atoms with Crippen LogP contribution in [0, 0.1) is 11.8 Å². The normalized spacial score (nSPS) is 45.8. The second-order valence-electron chi connectivity index (χ2n) is 17.8. The molecule has 4 heterocycles. The van der Waals surface area contributed by atoms with Gasteiger partial charge in [0.15, 0.2) is 18.9 Å². The van der Waals surface area contributed by atoms with Crippen molar-refractivity contribution in [1.82, 2.24) is 9.80 Å². The van der Waals surface area contributed by atoms with Gasteiger partial charge in [0.1, 0.15) is 36.8 Å². The summed E-state index contributed by atoms with van der Waals surface area (Å²) in [6.07, 6.45) is -1.56. The van der Waals surface area contributed by atoms with E-state index in [0.717, 1.165) is 12.7 Å². The van der Waals surface area contributed by atoms with E-state index in [1.807, 2.05) is 52.2 Å². The first kappa shape index (κ1) is 49.8. The lowest BCUT2D eigenvalue weighted by atomic mass is 9.82. The monoisotopic (exact) mass is 843 g/mol. The molecule has 0 aliphatic carbocycles. The Morgan fingerprint density at radius 3 is 2.17 bits per heavy atom. The van der Waals surface area contributed by atoms with Gasteiger partial charge in [-0.1, -0.05) is 31.2 Å². The largest absolute Gasteiger partial charge is 0.462 e. The molecule has 4 aliphatic heterocycles. The van der Waals surface area contributed by atoms with Crippen LogP contribution in [0.25, 0.3) is 0 Å². The number of hydrogen-bond donors (Lipinski definition) is 4. The molecule has 4 rings (SSSR count). The van der Waals surface area contributed by atoms with Crippen LogP contribution in [0.15, 0.2) is 24.3 Å². The van der Waals surface area contributed by atoms with Crippen molar-refractivity contribution in [3.63, 3.8) is 0 Å². The topological polar surface area (TPSA) is 195 Å². The van der Waals surface area contributed by atoms with Gasteiger partial charge in [-0.05, 0) is 93.9 Å². The minimum absolute atomic E-state index is 0.00885. The molecule has 4 aliphatic rings. The van der Waals surface area contributed by atoms with E-state index in [0.29, 0.717) is 19.3 Å². The molecule has 59 heavy (non-hydrogen) atoms. The van der Waals surface area contributed by atoms with Gasteiger partial charge in [-0.2, -0.15) is 0 Å². The smallest absolute Gasteiger partial charge is 0.308 e. The Morgan fingerprint density at radius 2 is 1.56 bits per heavy atom. The number of rotatable bonds is 11. The van der Waals surface area contributed by atoms with Gasteiger partial charge in [-0.15, -0.1) is 0 Å². The van der Waals surface area contributed by atoms with Crippen molar-refractivity contribution >= 4 is 12.3 Å². The average molecular weight is 843 g/mol. The Bertz CT molecular complexity index is 1370. The van der Waals surface area contributed by atoms with Crippen molar-refractivity contribution < 1.29 is 67.9 Å². The third-order valence-electron chi connectivity index (χ3n) is 12.4. The molecule has 16 nitrogen and oxygen atoms in total. The highest BCUT2D eigenvalue weighted by Crippen LogP contribution is 2.37. The van der Waals surface area contributed by atoms with E-state index < -0.39 is 110 Å². The third kappa shape index (κ3) is 13.3. The zero-order chi connectivity index (χ0) is 43.8. The van der Waals surface area contributed by atoms with Crippen LogP contribution in [0.2, 0.25) is 0 Å². The van der Waals surface area contributed by atoms with Gasteiger partial charge in [0.05, 0.1) is 54.7 Å². The quantitative estimate of drug-likeness (QED) is 0.175. The summed E-state index contributed by atoms with van der Waals surface area (Å²) >= 11 is 0. The number of aliphatic hydroxyl groups excluding tert-OH is 3. The fourth-order valence-electron chi connectivity index (χ4n) is 9.10. The first-order chi connectivity index (χ1) is 27.8. The van der Waals surface area contributed by atoms with Crippen molar-refractivity contribution in [3.05, 3.63) is 24.3 Å². The summed E-state index contributed by atoms with van der Waals surface area (Å²) < 4.78 is 50.0. The number of carbonyl (C=O) groups excluding carboxylic acids is 2. The highest BCUT2D eigenvalue weighted by molar-refractivity contribution is 5.70. The summed E-state index contributed by atoms with van der Waals surface area (Å²) in [7, 11) is 9.03. The van der Waals surface area contributed by atoms with E-state index in [9.17, 15) is 30.0 Å².